The number of carbonyl (C=O) groups is 3. The molecule has 1 aliphatic carbocycles. The van der Waals surface area contributed by atoms with Crippen molar-refractivity contribution >= 4 is 35.2 Å². The fourth-order valence-electron chi connectivity index (χ4n) is 5.90. The molecule has 2 atom stereocenters. The number of ether oxygens (including phenoxy) is 3. The molecule has 2 aliphatic rings. The summed E-state index contributed by atoms with van der Waals surface area (Å²) in [6.45, 7) is 2.95. The second kappa shape index (κ2) is 15.2. The second-order valence-electron chi connectivity index (χ2n) is 10.8. The number of anilines is 1. The van der Waals surface area contributed by atoms with Gasteiger partial charge in [0.25, 0.3) is 0 Å². The molecule has 1 fully saturated rings. The quantitative estimate of drug-likeness (QED) is 0.307. The van der Waals surface area contributed by atoms with Gasteiger partial charge >= 0.3 is 0 Å². The Bertz CT molecular complexity index is 1450. The van der Waals surface area contributed by atoms with Gasteiger partial charge in [-0.25, -0.2) is 0 Å². The standard InChI is InChI=1S/C32H42N4O7S/c1-19(37)34-23-10-8-20-17-27(41-2)30(42-3)31(43-4)29(20)21-9-11-24(26(38)18-22(21)23)35-25(12-16-44-5)32(40)33-13-15-36-14-6-7-28(36)39/h9,11,17-18,23,25H,6-8,10,12-16H2,1-5H3,(H,33,40)(H,34,37)(H,35,38)/t23-,25-/m0/s1. The van der Waals surface area contributed by atoms with E-state index in [4.69, 9.17) is 14.2 Å². The van der Waals surface area contributed by atoms with Gasteiger partial charge < -0.3 is 35.1 Å². The highest BCUT2D eigenvalue weighted by atomic mass is 32.2. The molecule has 11 nitrogen and oxygen atoms in total. The van der Waals surface area contributed by atoms with Gasteiger partial charge in [-0.3, -0.25) is 19.2 Å². The van der Waals surface area contributed by atoms with Crippen molar-refractivity contribution in [3.63, 3.8) is 0 Å². The van der Waals surface area contributed by atoms with Crippen molar-refractivity contribution in [3.8, 4) is 28.4 Å². The van der Waals surface area contributed by atoms with Gasteiger partial charge in [0.05, 0.1) is 33.1 Å². The van der Waals surface area contributed by atoms with E-state index in [0.29, 0.717) is 79.4 Å². The number of thioether (sulfide) groups is 1. The molecule has 3 N–H and O–H groups in total. The van der Waals surface area contributed by atoms with Gasteiger partial charge in [0.2, 0.25) is 28.9 Å². The molecule has 2 aromatic rings. The normalized spacial score (nSPS) is 16.2. The Morgan fingerprint density at radius 1 is 1.07 bits per heavy atom. The summed E-state index contributed by atoms with van der Waals surface area (Å²) < 4.78 is 17.1. The smallest absolute Gasteiger partial charge is 0.242 e. The molecule has 3 amide bonds. The predicted molar refractivity (Wildman–Crippen MR) is 172 cm³/mol. The van der Waals surface area contributed by atoms with Crippen LogP contribution in [-0.2, 0) is 20.8 Å². The molecule has 238 valence electrons. The fraction of sp³-hybridized carbons (Fsp3) is 0.500. The first-order valence-corrected chi connectivity index (χ1v) is 16.2. The number of nitrogens with zero attached hydrogens (tertiary/aromatic N) is 1. The monoisotopic (exact) mass is 626 g/mol. The van der Waals surface area contributed by atoms with Crippen molar-refractivity contribution in [1.82, 2.24) is 15.5 Å². The third-order valence-electron chi connectivity index (χ3n) is 8.03. The molecular weight excluding hydrogens is 584 g/mol. The van der Waals surface area contributed by atoms with Gasteiger partial charge in [-0.1, -0.05) is 6.07 Å². The van der Waals surface area contributed by atoms with E-state index < -0.39 is 12.1 Å². The van der Waals surface area contributed by atoms with Crippen LogP contribution in [0.5, 0.6) is 17.2 Å². The van der Waals surface area contributed by atoms with E-state index >= 15 is 0 Å². The van der Waals surface area contributed by atoms with Crippen LogP contribution in [0.3, 0.4) is 0 Å². The van der Waals surface area contributed by atoms with Gasteiger partial charge in [-0.05, 0) is 72.6 Å². The van der Waals surface area contributed by atoms with E-state index in [9.17, 15) is 19.2 Å². The van der Waals surface area contributed by atoms with E-state index in [1.165, 1.54) is 20.1 Å². The highest BCUT2D eigenvalue weighted by Crippen LogP contribution is 2.50. The van der Waals surface area contributed by atoms with Crippen molar-refractivity contribution in [2.75, 3.05) is 58.3 Å². The summed E-state index contributed by atoms with van der Waals surface area (Å²) in [4.78, 5) is 53.0. The van der Waals surface area contributed by atoms with Gasteiger partial charge in [0, 0.05) is 38.5 Å². The average Bonchev–Trinajstić information content (AvgIpc) is 3.27. The lowest BCUT2D eigenvalue weighted by molar-refractivity contribution is -0.128. The predicted octanol–water partition coefficient (Wildman–Crippen LogP) is 3.14. The molecule has 2 aromatic carbocycles. The minimum atomic E-state index is -0.663. The van der Waals surface area contributed by atoms with Gasteiger partial charge in [-0.2, -0.15) is 11.8 Å². The van der Waals surface area contributed by atoms with Crippen LogP contribution < -0.4 is 35.6 Å². The van der Waals surface area contributed by atoms with Crippen LogP contribution in [0.15, 0.2) is 29.1 Å². The first-order chi connectivity index (χ1) is 21.2. The number of nitrogens with one attached hydrogen (secondary N) is 3. The summed E-state index contributed by atoms with van der Waals surface area (Å²) in [5.41, 5.74) is 2.98. The highest BCUT2D eigenvalue weighted by Gasteiger charge is 2.30. The molecule has 0 saturated carbocycles. The molecule has 0 bridgehead atoms. The summed E-state index contributed by atoms with van der Waals surface area (Å²) in [6.07, 6.45) is 4.98. The largest absolute Gasteiger partial charge is 0.493 e. The Hall–Kier alpha value is -3.93. The number of hydrogen-bond acceptors (Lipinski definition) is 9. The van der Waals surface area contributed by atoms with Crippen molar-refractivity contribution < 1.29 is 28.6 Å². The van der Waals surface area contributed by atoms with Crippen LogP contribution in [0, 0.1) is 0 Å². The molecule has 0 spiro atoms. The fourth-order valence-corrected chi connectivity index (χ4v) is 6.37. The number of hydrogen-bond donors (Lipinski definition) is 3. The number of amides is 3. The maximum absolute atomic E-state index is 13.7. The molecule has 4 rings (SSSR count). The SMILES string of the molecule is COc1cc2c(c(OC)c1OC)-c1ccc(N[C@@H](CCSC)C(=O)NCCN3CCCC3=O)c(=O)cc1[C@@H](NC(C)=O)CC2. The minimum Gasteiger partial charge on any atom is -0.493 e. The van der Waals surface area contributed by atoms with E-state index in [-0.39, 0.29) is 28.8 Å². The number of rotatable bonds is 13. The van der Waals surface area contributed by atoms with Gasteiger partial charge in [0.1, 0.15) is 6.04 Å². The lowest BCUT2D eigenvalue weighted by atomic mass is 9.95. The summed E-state index contributed by atoms with van der Waals surface area (Å²) in [6, 6.07) is 5.84. The Morgan fingerprint density at radius 3 is 2.48 bits per heavy atom. The van der Waals surface area contributed by atoms with E-state index in [1.54, 1.807) is 36.9 Å². The van der Waals surface area contributed by atoms with E-state index in [2.05, 4.69) is 16.0 Å². The number of likely N-dealkylation sites (tertiary alicyclic amines) is 1. The maximum atomic E-state index is 13.7. The highest BCUT2D eigenvalue weighted by molar-refractivity contribution is 7.98. The summed E-state index contributed by atoms with van der Waals surface area (Å²) in [5.74, 6) is 1.77. The molecule has 1 heterocycles. The molecule has 44 heavy (non-hydrogen) atoms. The molecule has 0 unspecified atom stereocenters. The van der Waals surface area contributed by atoms with Crippen LogP contribution in [-0.4, -0.2) is 81.6 Å². The molecule has 12 heteroatoms. The molecule has 1 saturated heterocycles. The Morgan fingerprint density at radius 2 is 1.84 bits per heavy atom. The third-order valence-corrected chi connectivity index (χ3v) is 8.67. The lowest BCUT2D eigenvalue weighted by Crippen LogP contribution is -2.44. The zero-order chi connectivity index (χ0) is 31.8. The maximum Gasteiger partial charge on any atom is 0.242 e. The van der Waals surface area contributed by atoms with Crippen LogP contribution in [0.1, 0.15) is 49.8 Å². The van der Waals surface area contributed by atoms with Gasteiger partial charge in [-0.15, -0.1) is 0 Å². The van der Waals surface area contributed by atoms with Crippen LogP contribution in [0.4, 0.5) is 5.69 Å². The van der Waals surface area contributed by atoms with Crippen molar-refractivity contribution in [1.29, 1.82) is 0 Å². The van der Waals surface area contributed by atoms with Gasteiger partial charge in [0.15, 0.2) is 11.5 Å². The summed E-state index contributed by atoms with van der Waals surface area (Å²) in [7, 11) is 4.65. The van der Waals surface area contributed by atoms with E-state index in [1.807, 2.05) is 18.4 Å². The Balaban J connectivity index is 1.73. The zero-order valence-electron chi connectivity index (χ0n) is 26.0. The average molecular weight is 627 g/mol. The first kappa shape index (κ1) is 33.0. The van der Waals surface area contributed by atoms with Crippen LogP contribution in [0.25, 0.3) is 11.1 Å². The molecular formula is C32H42N4O7S. The molecule has 0 aromatic heterocycles. The Labute approximate surface area is 262 Å². The number of methoxy groups -OCH3 is 3. The number of carbonyl (C=O) groups excluding carboxylic acids is 3. The minimum absolute atomic E-state index is 0.107. The zero-order valence-corrected chi connectivity index (χ0v) is 26.9. The second-order valence-corrected chi connectivity index (χ2v) is 11.8. The summed E-state index contributed by atoms with van der Waals surface area (Å²) in [5, 5.41) is 9.14. The van der Waals surface area contributed by atoms with Crippen molar-refractivity contribution in [3.05, 3.63) is 45.6 Å². The number of fused-ring (bicyclic) bond motifs is 3. The molecule has 1 aliphatic heterocycles. The third kappa shape index (κ3) is 7.40. The van der Waals surface area contributed by atoms with Crippen molar-refractivity contribution in [2.24, 2.45) is 0 Å². The van der Waals surface area contributed by atoms with Crippen LogP contribution in [0.2, 0.25) is 0 Å². The number of benzene rings is 1. The first-order valence-electron chi connectivity index (χ1n) is 14.8. The lowest BCUT2D eigenvalue weighted by Gasteiger charge is -2.20. The number of aryl methyl sites for hydroxylation is 1. The topological polar surface area (TPSA) is 135 Å². The molecule has 0 radical (unpaired) electrons. The van der Waals surface area contributed by atoms with E-state index in [0.717, 1.165) is 17.5 Å². The summed E-state index contributed by atoms with van der Waals surface area (Å²) >= 11 is 1.61. The van der Waals surface area contributed by atoms with Crippen LogP contribution >= 0.6 is 11.8 Å². The van der Waals surface area contributed by atoms with Crippen molar-refractivity contribution in [2.45, 2.75) is 51.1 Å². The Kier molecular flexibility index (Phi) is 11.4.